The third-order valence-electron chi connectivity index (χ3n) is 5.99. The van der Waals surface area contributed by atoms with Crippen LogP contribution in [0, 0.1) is 0 Å². The van der Waals surface area contributed by atoms with Gasteiger partial charge in [0.15, 0.2) is 5.82 Å². The second-order valence-corrected chi connectivity index (χ2v) is 8.00. The van der Waals surface area contributed by atoms with Crippen LogP contribution >= 0.6 is 0 Å². The zero-order chi connectivity index (χ0) is 21.9. The van der Waals surface area contributed by atoms with E-state index in [1.54, 1.807) is 23.3 Å². The molecule has 2 saturated heterocycles. The van der Waals surface area contributed by atoms with E-state index in [-0.39, 0.29) is 6.01 Å². The minimum absolute atomic E-state index is 0.290. The summed E-state index contributed by atoms with van der Waals surface area (Å²) in [6, 6.07) is 9.26. The molecule has 1 aromatic carbocycles. The first kappa shape index (κ1) is 20.7. The largest absolute Gasteiger partial charge is 0.467 e. The summed E-state index contributed by atoms with van der Waals surface area (Å²) in [6.45, 7) is 8.11. The zero-order valence-electron chi connectivity index (χ0n) is 18.4. The topological polar surface area (TPSA) is 93.5 Å². The lowest BCUT2D eigenvalue weighted by atomic mass is 10.1. The Morgan fingerprint density at radius 2 is 1.97 bits per heavy atom. The zero-order valence-corrected chi connectivity index (χ0v) is 18.4. The number of aromatic nitrogens is 5. The van der Waals surface area contributed by atoms with Gasteiger partial charge in [0.2, 0.25) is 5.95 Å². The highest BCUT2D eigenvalue weighted by Crippen LogP contribution is 2.26. The minimum atomic E-state index is 0.290. The molecule has 10 heteroatoms. The van der Waals surface area contributed by atoms with Gasteiger partial charge in [-0.15, -0.1) is 5.10 Å². The van der Waals surface area contributed by atoms with Crippen LogP contribution in [0.5, 0.6) is 6.01 Å². The highest BCUT2D eigenvalue weighted by molar-refractivity contribution is 5.64. The monoisotopic (exact) mass is 436 g/mol. The number of aryl methyl sites for hydroxylation is 1. The van der Waals surface area contributed by atoms with Crippen LogP contribution in [0.2, 0.25) is 0 Å². The quantitative estimate of drug-likeness (QED) is 0.596. The number of anilines is 3. The summed E-state index contributed by atoms with van der Waals surface area (Å²) in [4.78, 5) is 17.7. The van der Waals surface area contributed by atoms with Crippen LogP contribution in [0.3, 0.4) is 0 Å². The van der Waals surface area contributed by atoms with Crippen molar-refractivity contribution < 1.29 is 9.47 Å². The lowest BCUT2D eigenvalue weighted by Gasteiger charge is -2.43. The van der Waals surface area contributed by atoms with E-state index in [4.69, 9.17) is 9.47 Å². The second kappa shape index (κ2) is 9.09. The van der Waals surface area contributed by atoms with Crippen LogP contribution in [0.4, 0.5) is 17.3 Å². The van der Waals surface area contributed by atoms with E-state index in [1.165, 1.54) is 18.4 Å². The van der Waals surface area contributed by atoms with Gasteiger partial charge in [-0.3, -0.25) is 4.90 Å². The highest BCUT2D eigenvalue weighted by Gasteiger charge is 2.29. The van der Waals surface area contributed by atoms with Crippen LogP contribution in [0.15, 0.2) is 36.8 Å². The Kier molecular flexibility index (Phi) is 5.87. The van der Waals surface area contributed by atoms with Crippen LogP contribution in [-0.2, 0) is 11.2 Å². The van der Waals surface area contributed by atoms with Crippen molar-refractivity contribution >= 4 is 17.3 Å². The number of nitrogens with one attached hydrogen (secondary N) is 1. The van der Waals surface area contributed by atoms with E-state index in [2.05, 4.69) is 60.3 Å². The van der Waals surface area contributed by atoms with E-state index in [0.29, 0.717) is 17.8 Å². The van der Waals surface area contributed by atoms with Gasteiger partial charge in [0, 0.05) is 49.8 Å². The molecule has 0 aliphatic carbocycles. The van der Waals surface area contributed by atoms with Gasteiger partial charge in [0.05, 0.1) is 26.4 Å². The van der Waals surface area contributed by atoms with Crippen LogP contribution in [-0.4, -0.2) is 82.2 Å². The molecule has 32 heavy (non-hydrogen) atoms. The first-order valence-corrected chi connectivity index (χ1v) is 11.0. The van der Waals surface area contributed by atoms with Crippen LogP contribution < -0.4 is 15.0 Å². The Morgan fingerprint density at radius 3 is 2.69 bits per heavy atom. The molecule has 0 spiro atoms. The Hall–Kier alpha value is -3.24. The molecule has 3 aromatic rings. The molecule has 10 nitrogen and oxygen atoms in total. The summed E-state index contributed by atoms with van der Waals surface area (Å²) >= 11 is 0. The molecule has 0 amide bonds. The van der Waals surface area contributed by atoms with E-state index < -0.39 is 0 Å². The fourth-order valence-electron chi connectivity index (χ4n) is 4.03. The fourth-order valence-corrected chi connectivity index (χ4v) is 4.03. The van der Waals surface area contributed by atoms with Crippen molar-refractivity contribution in [2.45, 2.75) is 19.4 Å². The van der Waals surface area contributed by atoms with Gasteiger partial charge >= 0.3 is 6.01 Å². The minimum Gasteiger partial charge on any atom is -0.467 e. The molecule has 0 saturated carbocycles. The molecule has 2 fully saturated rings. The smallest absolute Gasteiger partial charge is 0.318 e. The molecule has 1 N–H and O–H groups in total. The van der Waals surface area contributed by atoms with Gasteiger partial charge in [0.1, 0.15) is 6.33 Å². The standard InChI is InChI=1S/C22H28N8O2/c1-3-16-10-17(12-18(11-16)28-6-8-29(9-7-28)19-13-32-14-19)25-21-24-15-30(27-21)20-4-5-23-22(26-20)31-2/h4-5,10-12,15,19H,3,6-9,13-14H2,1-2H3,(H,25,27). The molecule has 2 aliphatic heterocycles. The van der Waals surface area contributed by atoms with Gasteiger partial charge in [-0.05, 0) is 30.2 Å². The van der Waals surface area contributed by atoms with Crippen molar-refractivity contribution in [3.05, 3.63) is 42.4 Å². The van der Waals surface area contributed by atoms with Gasteiger partial charge < -0.3 is 19.7 Å². The SMILES string of the molecule is CCc1cc(Nc2ncn(-c3ccnc(OC)n3)n2)cc(N2CCN(C3COC3)CC2)c1. The molecule has 4 heterocycles. The van der Waals surface area contributed by atoms with Crippen molar-refractivity contribution in [2.75, 3.05) is 56.7 Å². The molecule has 0 bridgehead atoms. The van der Waals surface area contributed by atoms with E-state index >= 15 is 0 Å². The number of piperazine rings is 1. The number of benzene rings is 1. The Labute approximate surface area is 187 Å². The lowest BCUT2D eigenvalue weighted by Crippen LogP contribution is -2.56. The maximum atomic E-state index is 5.35. The average molecular weight is 437 g/mol. The molecule has 168 valence electrons. The van der Waals surface area contributed by atoms with Gasteiger partial charge in [-0.25, -0.2) is 9.67 Å². The first-order chi connectivity index (χ1) is 15.7. The average Bonchev–Trinajstić information content (AvgIpc) is 3.26. The number of ether oxygens (including phenoxy) is 2. The highest BCUT2D eigenvalue weighted by atomic mass is 16.5. The van der Waals surface area contributed by atoms with Crippen molar-refractivity contribution in [2.24, 2.45) is 0 Å². The normalized spacial score (nSPS) is 17.2. The maximum Gasteiger partial charge on any atom is 0.318 e. The molecule has 0 atom stereocenters. The third-order valence-corrected chi connectivity index (χ3v) is 5.99. The van der Waals surface area contributed by atoms with Gasteiger partial charge in [-0.2, -0.15) is 9.97 Å². The summed E-state index contributed by atoms with van der Waals surface area (Å²) in [5, 5.41) is 7.86. The number of hydrogen-bond donors (Lipinski definition) is 1. The lowest BCUT2D eigenvalue weighted by molar-refractivity contribution is -0.0660. The molecule has 2 aliphatic rings. The number of hydrogen-bond acceptors (Lipinski definition) is 9. The van der Waals surface area contributed by atoms with Crippen molar-refractivity contribution in [1.82, 2.24) is 29.6 Å². The predicted molar refractivity (Wildman–Crippen MR) is 121 cm³/mol. The summed E-state index contributed by atoms with van der Waals surface area (Å²) in [5.41, 5.74) is 3.49. The second-order valence-electron chi connectivity index (χ2n) is 8.00. The summed E-state index contributed by atoms with van der Waals surface area (Å²) in [7, 11) is 1.54. The molecule has 0 unspecified atom stereocenters. The van der Waals surface area contributed by atoms with E-state index in [1.807, 2.05) is 0 Å². The fraction of sp³-hybridized carbons (Fsp3) is 0.455. The van der Waals surface area contributed by atoms with Crippen LogP contribution in [0.1, 0.15) is 12.5 Å². The summed E-state index contributed by atoms with van der Waals surface area (Å²) in [6.07, 6.45) is 4.22. The summed E-state index contributed by atoms with van der Waals surface area (Å²) < 4.78 is 12.0. The van der Waals surface area contributed by atoms with E-state index in [0.717, 1.165) is 51.5 Å². The van der Waals surface area contributed by atoms with Gasteiger partial charge in [-0.1, -0.05) is 6.92 Å². The number of nitrogens with zero attached hydrogens (tertiary/aromatic N) is 7. The Balaban J connectivity index is 1.30. The molecule has 2 aromatic heterocycles. The predicted octanol–water partition coefficient (Wildman–Crippen LogP) is 1.89. The molecule has 0 radical (unpaired) electrons. The molecular weight excluding hydrogens is 408 g/mol. The first-order valence-electron chi connectivity index (χ1n) is 11.0. The maximum absolute atomic E-state index is 5.35. The van der Waals surface area contributed by atoms with Crippen LogP contribution in [0.25, 0.3) is 5.82 Å². The molecular formula is C22H28N8O2. The van der Waals surface area contributed by atoms with E-state index in [9.17, 15) is 0 Å². The number of rotatable bonds is 7. The van der Waals surface area contributed by atoms with Gasteiger partial charge in [0.25, 0.3) is 0 Å². The number of methoxy groups -OCH3 is 1. The Morgan fingerprint density at radius 1 is 1.12 bits per heavy atom. The summed E-state index contributed by atoms with van der Waals surface area (Å²) in [5.74, 6) is 1.10. The van der Waals surface area contributed by atoms with Crippen molar-refractivity contribution in [3.63, 3.8) is 0 Å². The van der Waals surface area contributed by atoms with Crippen molar-refractivity contribution in [3.8, 4) is 11.8 Å². The third kappa shape index (κ3) is 4.37. The molecule has 5 rings (SSSR count). The van der Waals surface area contributed by atoms with Crippen molar-refractivity contribution in [1.29, 1.82) is 0 Å². The Bertz CT molecular complexity index is 1060.